The number of halogens is 2. The molecule has 0 aromatic heterocycles. The van der Waals surface area contributed by atoms with Gasteiger partial charge in [0.05, 0.1) is 0 Å². The monoisotopic (exact) mass is 891 g/mol. The predicted octanol–water partition coefficient (Wildman–Crippen LogP) is 13.2. The second-order valence-corrected chi connectivity index (χ2v) is 40.4. The SMILES string of the molecule is CCC1=Cc2c(-c3ccccc3CC(C)C)cccc2[CH]1[Zr]([Cl])([Cl])([c]1cccc2c1[SiH2]c1ccccc1-2)[CH]1C(CC)=Cc2c(-c3ccccc3CC(C)C)cccc21. The van der Waals surface area contributed by atoms with Gasteiger partial charge in [0.25, 0.3) is 0 Å². The fraction of sp³-hybridized carbons (Fsp3) is 0.259. The maximum absolute atomic E-state index is 9.27. The molecule has 2 atom stereocenters. The maximum atomic E-state index is 9.27. The van der Waals surface area contributed by atoms with Crippen molar-refractivity contribution in [2.24, 2.45) is 11.8 Å². The van der Waals surface area contributed by atoms with Crippen LogP contribution in [0.1, 0.15) is 95.0 Å². The topological polar surface area (TPSA) is 0 Å². The van der Waals surface area contributed by atoms with Crippen molar-refractivity contribution in [3.05, 3.63) is 172 Å². The van der Waals surface area contributed by atoms with Crippen molar-refractivity contribution >= 4 is 52.3 Å². The molecule has 0 fully saturated rings. The summed E-state index contributed by atoms with van der Waals surface area (Å²) in [6, 6.07) is 48.1. The molecule has 6 aromatic carbocycles. The van der Waals surface area contributed by atoms with E-state index in [2.05, 4.69) is 181 Å². The van der Waals surface area contributed by atoms with Gasteiger partial charge in [-0.2, -0.15) is 0 Å². The Hall–Kier alpha value is -3.52. The van der Waals surface area contributed by atoms with E-state index in [1.807, 2.05) is 0 Å². The van der Waals surface area contributed by atoms with Crippen molar-refractivity contribution < 1.29 is 16.4 Å². The zero-order chi connectivity index (χ0) is 40.4. The summed E-state index contributed by atoms with van der Waals surface area (Å²) in [6.07, 6.45) is 8.90. The Labute approximate surface area is 357 Å². The molecule has 0 spiro atoms. The molecule has 2 unspecified atom stereocenters. The van der Waals surface area contributed by atoms with Crippen LogP contribution in [-0.4, -0.2) is 9.52 Å². The van der Waals surface area contributed by atoms with Crippen LogP contribution in [0.3, 0.4) is 0 Å². The summed E-state index contributed by atoms with van der Waals surface area (Å²) >= 11 is -5.56. The third kappa shape index (κ3) is 6.39. The van der Waals surface area contributed by atoms with Crippen molar-refractivity contribution in [2.45, 2.75) is 74.5 Å². The van der Waals surface area contributed by atoms with Crippen molar-refractivity contribution in [1.82, 2.24) is 0 Å². The van der Waals surface area contributed by atoms with Gasteiger partial charge in [0.1, 0.15) is 0 Å². The summed E-state index contributed by atoms with van der Waals surface area (Å²) in [5.74, 6) is 1.12. The first-order valence-corrected chi connectivity index (χ1v) is 33.5. The molecular weight excluding hydrogens is 839 g/mol. The van der Waals surface area contributed by atoms with Crippen molar-refractivity contribution in [3.8, 4) is 33.4 Å². The molecule has 0 radical (unpaired) electrons. The first-order chi connectivity index (χ1) is 28.0. The number of benzene rings is 6. The zero-order valence-electron chi connectivity index (χ0n) is 34.9. The number of hydrogen-bond donors (Lipinski definition) is 0. The van der Waals surface area contributed by atoms with E-state index in [1.54, 1.807) is 0 Å². The number of fused-ring (bicyclic) bond motifs is 5. The molecule has 1 aliphatic heterocycles. The summed E-state index contributed by atoms with van der Waals surface area (Å²) in [7, 11) is 17.7. The summed E-state index contributed by atoms with van der Waals surface area (Å²) in [6.45, 7) is 13.9. The third-order valence-electron chi connectivity index (χ3n) is 13.4. The molecule has 0 bridgehead atoms. The van der Waals surface area contributed by atoms with E-state index in [0.29, 0.717) is 11.8 Å². The zero-order valence-corrected chi connectivity index (χ0v) is 40.3. The van der Waals surface area contributed by atoms with Crippen molar-refractivity contribution in [3.63, 3.8) is 0 Å². The van der Waals surface area contributed by atoms with E-state index < -0.39 is 25.9 Å². The minimum atomic E-state index is -5.56. The van der Waals surface area contributed by atoms with Crippen LogP contribution < -0.4 is 13.6 Å². The van der Waals surface area contributed by atoms with Crippen LogP contribution in [0, 0.1) is 11.8 Å². The molecule has 0 nitrogen and oxygen atoms in total. The average molecular weight is 894 g/mol. The van der Waals surface area contributed by atoms with Crippen molar-refractivity contribution in [2.75, 3.05) is 0 Å². The molecule has 2 aliphatic carbocycles. The third-order valence-corrected chi connectivity index (χ3v) is 36.2. The van der Waals surface area contributed by atoms with Crippen molar-refractivity contribution in [1.29, 1.82) is 0 Å². The summed E-state index contributed by atoms with van der Waals surface area (Å²) in [5.41, 5.74) is 18.8. The van der Waals surface area contributed by atoms with Crippen LogP contribution in [0.5, 0.6) is 0 Å². The number of rotatable bonds is 11. The first-order valence-electron chi connectivity index (χ1n) is 21.6. The Kier molecular flexibility index (Phi) is 10.7. The van der Waals surface area contributed by atoms with Gasteiger partial charge >= 0.3 is 360 Å². The van der Waals surface area contributed by atoms with Crippen LogP contribution in [0.25, 0.3) is 45.5 Å². The Morgan fingerprint density at radius 2 is 0.931 bits per heavy atom. The normalized spacial score (nSPS) is 17.8. The van der Waals surface area contributed by atoms with E-state index in [1.165, 1.54) is 91.6 Å². The van der Waals surface area contributed by atoms with Crippen LogP contribution in [-0.2, 0) is 29.2 Å². The van der Waals surface area contributed by atoms with Crippen LogP contribution in [0.15, 0.2) is 139 Å². The molecule has 9 rings (SSSR count). The Morgan fingerprint density at radius 1 is 0.500 bits per heavy atom. The molecule has 0 N–H and O–H groups in total. The predicted molar refractivity (Wildman–Crippen MR) is 254 cm³/mol. The van der Waals surface area contributed by atoms with Gasteiger partial charge in [-0.25, -0.2) is 0 Å². The standard InChI is InChI=1S/2C21H23.C12H9Si.2ClH.Zr/c2*1-4-16-13-18-9-7-11-20(21(18)14-16)19-10-6-5-8-17(19)12-15(2)3;1-3-7-11-9(5-1)10-6-2-4-8-12(10)13-11;;;/h2*5-11,13-15H,4,12H2,1-3H3;1-7H,13H2;2*1H;/q;;;;;+2/p-2. The van der Waals surface area contributed by atoms with Crippen LogP contribution >= 0.6 is 17.0 Å². The molecule has 6 aromatic rings. The molecule has 0 saturated heterocycles. The fourth-order valence-electron chi connectivity index (χ4n) is 11.1. The van der Waals surface area contributed by atoms with Gasteiger partial charge < -0.3 is 0 Å². The number of hydrogen-bond acceptors (Lipinski definition) is 0. The van der Waals surface area contributed by atoms with Gasteiger partial charge in [0, 0.05) is 0 Å². The second kappa shape index (κ2) is 15.5. The molecule has 4 heteroatoms. The second-order valence-electron chi connectivity index (χ2n) is 18.0. The summed E-state index contributed by atoms with van der Waals surface area (Å²) in [4.78, 5) is 0. The fourth-order valence-corrected chi connectivity index (χ4v) is 39.4. The summed E-state index contributed by atoms with van der Waals surface area (Å²) < 4.78 is 1.15. The Balaban J connectivity index is 1.33. The quantitative estimate of drug-likeness (QED) is 0.114. The van der Waals surface area contributed by atoms with E-state index in [4.69, 9.17) is 0 Å². The van der Waals surface area contributed by atoms with E-state index in [-0.39, 0.29) is 7.25 Å². The molecule has 58 heavy (non-hydrogen) atoms. The molecule has 1 heterocycles. The van der Waals surface area contributed by atoms with Crippen LogP contribution in [0.2, 0.25) is 0 Å². The van der Waals surface area contributed by atoms with E-state index in [9.17, 15) is 17.0 Å². The molecule has 3 aliphatic rings. The van der Waals surface area contributed by atoms with Gasteiger partial charge in [-0.15, -0.1) is 0 Å². The molecular formula is C54H55Cl2SiZr. The van der Waals surface area contributed by atoms with Gasteiger partial charge in [-0.05, 0) is 0 Å². The van der Waals surface area contributed by atoms with Crippen LogP contribution in [0.4, 0.5) is 0 Å². The number of allylic oxidation sites excluding steroid dienone is 2. The Morgan fingerprint density at radius 3 is 1.43 bits per heavy atom. The minimum absolute atomic E-state index is 0.0750. The van der Waals surface area contributed by atoms with Gasteiger partial charge in [-0.1, -0.05) is 0 Å². The average Bonchev–Trinajstić information content (AvgIpc) is 3.93. The molecule has 0 saturated carbocycles. The van der Waals surface area contributed by atoms with Gasteiger partial charge in [0.2, 0.25) is 0 Å². The van der Waals surface area contributed by atoms with Gasteiger partial charge in [0.15, 0.2) is 0 Å². The van der Waals surface area contributed by atoms with E-state index >= 15 is 0 Å². The molecule has 0 amide bonds. The first kappa shape index (κ1) is 39.9. The summed E-state index contributed by atoms with van der Waals surface area (Å²) in [5, 5.41) is 2.98. The Bertz CT molecular complexity index is 2510. The van der Waals surface area contributed by atoms with E-state index in [0.717, 1.165) is 25.7 Å². The molecule has 293 valence electrons. The van der Waals surface area contributed by atoms with Gasteiger partial charge in [-0.3, -0.25) is 0 Å².